The first-order chi connectivity index (χ1) is 11.3. The Hall–Kier alpha value is -1.32. The van der Waals surface area contributed by atoms with Crippen LogP contribution < -0.4 is 10.1 Å². The van der Waals surface area contributed by atoms with Crippen LogP contribution in [0.1, 0.15) is 25.7 Å². The number of alkyl halides is 2. The van der Waals surface area contributed by atoms with E-state index in [4.69, 9.17) is 0 Å². The van der Waals surface area contributed by atoms with Crippen molar-refractivity contribution in [3.63, 3.8) is 0 Å². The second-order valence-electron chi connectivity index (χ2n) is 6.26. The SMILES string of the molecule is CN(C1CC2CCC(C1)N2)S(=O)(=O)c1ccc(OC(F)F)c(F)c1. The summed E-state index contributed by atoms with van der Waals surface area (Å²) in [6.07, 6.45) is 3.48. The van der Waals surface area contributed by atoms with Gasteiger partial charge in [0.2, 0.25) is 10.0 Å². The molecular weight excluding hydrogens is 345 g/mol. The van der Waals surface area contributed by atoms with Crippen LogP contribution in [0.3, 0.4) is 0 Å². The summed E-state index contributed by atoms with van der Waals surface area (Å²) in [4.78, 5) is -0.269. The normalized spacial score (nSPS) is 27.0. The average molecular weight is 364 g/mol. The second-order valence-corrected chi connectivity index (χ2v) is 8.25. The molecule has 2 aliphatic rings. The molecule has 2 heterocycles. The summed E-state index contributed by atoms with van der Waals surface area (Å²) in [5.41, 5.74) is 0. The van der Waals surface area contributed by atoms with Gasteiger partial charge in [-0.1, -0.05) is 0 Å². The van der Waals surface area contributed by atoms with E-state index in [2.05, 4.69) is 10.1 Å². The fraction of sp³-hybridized carbons (Fsp3) is 0.600. The highest BCUT2D eigenvalue weighted by atomic mass is 32.2. The fourth-order valence-electron chi connectivity index (χ4n) is 3.52. The highest BCUT2D eigenvalue weighted by molar-refractivity contribution is 7.89. The van der Waals surface area contributed by atoms with E-state index in [0.29, 0.717) is 24.9 Å². The minimum Gasteiger partial charge on any atom is -0.432 e. The number of rotatable bonds is 5. The molecule has 2 saturated heterocycles. The van der Waals surface area contributed by atoms with E-state index < -0.39 is 28.2 Å². The first kappa shape index (κ1) is 17.5. The summed E-state index contributed by atoms with van der Waals surface area (Å²) in [5.74, 6) is -1.80. The van der Waals surface area contributed by atoms with E-state index >= 15 is 0 Å². The van der Waals surface area contributed by atoms with Gasteiger partial charge in [0.05, 0.1) is 4.90 Å². The highest BCUT2D eigenvalue weighted by Crippen LogP contribution is 2.32. The molecule has 2 bridgehead atoms. The fourth-order valence-corrected chi connectivity index (χ4v) is 4.91. The third-order valence-electron chi connectivity index (χ3n) is 4.76. The lowest BCUT2D eigenvalue weighted by Gasteiger charge is -2.34. The Labute approximate surface area is 138 Å². The maximum absolute atomic E-state index is 13.8. The van der Waals surface area contributed by atoms with Crippen LogP contribution in [0, 0.1) is 5.82 Å². The molecule has 0 amide bonds. The van der Waals surface area contributed by atoms with Gasteiger partial charge in [-0.15, -0.1) is 0 Å². The monoisotopic (exact) mass is 364 g/mol. The zero-order valence-electron chi connectivity index (χ0n) is 13.1. The van der Waals surface area contributed by atoms with Gasteiger partial charge in [0.15, 0.2) is 11.6 Å². The number of fused-ring (bicyclic) bond motifs is 2. The van der Waals surface area contributed by atoms with Crippen LogP contribution in [-0.4, -0.2) is 44.5 Å². The molecule has 2 atom stereocenters. The van der Waals surface area contributed by atoms with E-state index in [-0.39, 0.29) is 10.9 Å². The zero-order chi connectivity index (χ0) is 17.5. The Morgan fingerprint density at radius 2 is 1.88 bits per heavy atom. The summed E-state index contributed by atoms with van der Waals surface area (Å²) >= 11 is 0. The molecular formula is C15H19F3N2O3S. The number of hydrogen-bond acceptors (Lipinski definition) is 4. The van der Waals surface area contributed by atoms with Gasteiger partial charge in [0.25, 0.3) is 0 Å². The number of nitrogens with one attached hydrogen (secondary N) is 1. The van der Waals surface area contributed by atoms with E-state index in [1.165, 1.54) is 11.4 Å². The van der Waals surface area contributed by atoms with Crippen LogP contribution in [0.2, 0.25) is 0 Å². The van der Waals surface area contributed by atoms with Crippen molar-refractivity contribution in [3.05, 3.63) is 24.0 Å². The largest absolute Gasteiger partial charge is 0.432 e. The standard InChI is InChI=1S/C15H19F3N2O3S/c1-20(11-6-9-2-3-10(7-11)19-9)24(21,22)12-4-5-14(13(16)8-12)23-15(17)18/h4-5,8-11,15,19H,2-3,6-7H2,1H3. The van der Waals surface area contributed by atoms with Crippen molar-refractivity contribution in [2.75, 3.05) is 7.05 Å². The minimum atomic E-state index is -3.90. The highest BCUT2D eigenvalue weighted by Gasteiger charge is 2.39. The van der Waals surface area contributed by atoms with Crippen LogP contribution in [0.25, 0.3) is 0 Å². The van der Waals surface area contributed by atoms with Gasteiger partial charge in [0, 0.05) is 25.2 Å². The number of nitrogens with zero attached hydrogens (tertiary/aromatic N) is 1. The number of ether oxygens (including phenoxy) is 1. The third-order valence-corrected chi connectivity index (χ3v) is 6.66. The van der Waals surface area contributed by atoms with Gasteiger partial charge in [-0.3, -0.25) is 0 Å². The zero-order valence-corrected chi connectivity index (χ0v) is 13.9. The van der Waals surface area contributed by atoms with E-state index in [1.807, 2.05) is 0 Å². The van der Waals surface area contributed by atoms with Crippen LogP contribution in [0.4, 0.5) is 13.2 Å². The number of sulfonamides is 1. The second kappa shape index (κ2) is 6.53. The molecule has 134 valence electrons. The summed E-state index contributed by atoms with van der Waals surface area (Å²) in [5, 5.41) is 3.43. The molecule has 2 aliphatic heterocycles. The third kappa shape index (κ3) is 3.38. The Bertz CT molecular complexity index is 702. The summed E-state index contributed by atoms with van der Waals surface area (Å²) in [6, 6.07) is 3.18. The topological polar surface area (TPSA) is 58.6 Å². The van der Waals surface area contributed by atoms with E-state index in [1.54, 1.807) is 0 Å². The van der Waals surface area contributed by atoms with Crippen molar-refractivity contribution < 1.29 is 26.3 Å². The van der Waals surface area contributed by atoms with Crippen LogP contribution >= 0.6 is 0 Å². The van der Waals surface area contributed by atoms with Gasteiger partial charge >= 0.3 is 6.61 Å². The summed E-state index contributed by atoms with van der Waals surface area (Å²) in [7, 11) is -2.42. The number of hydrogen-bond donors (Lipinski definition) is 1. The van der Waals surface area contributed by atoms with Gasteiger partial charge in [-0.25, -0.2) is 12.8 Å². The van der Waals surface area contributed by atoms with Crippen molar-refractivity contribution >= 4 is 10.0 Å². The molecule has 2 unspecified atom stereocenters. The van der Waals surface area contributed by atoms with Crippen LogP contribution in [0.15, 0.2) is 23.1 Å². The molecule has 1 aromatic rings. The average Bonchev–Trinajstić information content (AvgIpc) is 2.86. The molecule has 24 heavy (non-hydrogen) atoms. The molecule has 1 aromatic carbocycles. The molecule has 0 saturated carbocycles. The summed E-state index contributed by atoms with van der Waals surface area (Å²) < 4.78 is 68.8. The molecule has 3 rings (SSSR count). The predicted octanol–water partition coefficient (Wildman–Crippen LogP) is 2.33. The van der Waals surface area contributed by atoms with Crippen molar-refractivity contribution in [1.82, 2.24) is 9.62 Å². The number of benzene rings is 1. The van der Waals surface area contributed by atoms with Gasteiger partial charge in [0.1, 0.15) is 0 Å². The maximum atomic E-state index is 13.8. The quantitative estimate of drug-likeness (QED) is 0.871. The van der Waals surface area contributed by atoms with Gasteiger partial charge in [-0.2, -0.15) is 13.1 Å². The lowest BCUT2D eigenvalue weighted by atomic mass is 10.0. The number of piperidine rings is 1. The Kier molecular flexibility index (Phi) is 4.76. The smallest absolute Gasteiger partial charge is 0.387 e. The molecule has 0 aromatic heterocycles. The molecule has 1 N–H and O–H groups in total. The lowest BCUT2D eigenvalue weighted by Crippen LogP contribution is -2.48. The lowest BCUT2D eigenvalue weighted by molar-refractivity contribution is -0.0522. The first-order valence-electron chi connectivity index (χ1n) is 7.76. The molecule has 0 aliphatic carbocycles. The Balaban J connectivity index is 1.80. The Morgan fingerprint density at radius 1 is 1.25 bits per heavy atom. The van der Waals surface area contributed by atoms with Crippen LogP contribution in [0.5, 0.6) is 5.75 Å². The number of halogens is 3. The maximum Gasteiger partial charge on any atom is 0.387 e. The molecule has 2 fully saturated rings. The molecule has 9 heteroatoms. The van der Waals surface area contributed by atoms with E-state index in [0.717, 1.165) is 31.0 Å². The van der Waals surface area contributed by atoms with Gasteiger partial charge in [-0.05, 0) is 43.9 Å². The summed E-state index contributed by atoms with van der Waals surface area (Å²) in [6.45, 7) is -3.17. The van der Waals surface area contributed by atoms with Crippen molar-refractivity contribution in [2.45, 2.75) is 55.3 Å². The van der Waals surface area contributed by atoms with Crippen LogP contribution in [-0.2, 0) is 10.0 Å². The van der Waals surface area contributed by atoms with Crippen molar-refractivity contribution in [1.29, 1.82) is 0 Å². The molecule has 0 spiro atoms. The van der Waals surface area contributed by atoms with Crippen molar-refractivity contribution in [2.24, 2.45) is 0 Å². The minimum absolute atomic E-state index is 0.159. The predicted molar refractivity (Wildman–Crippen MR) is 80.9 cm³/mol. The van der Waals surface area contributed by atoms with E-state index in [9.17, 15) is 21.6 Å². The van der Waals surface area contributed by atoms with Gasteiger partial charge < -0.3 is 10.1 Å². The van der Waals surface area contributed by atoms with Crippen molar-refractivity contribution in [3.8, 4) is 5.75 Å². The molecule has 5 nitrogen and oxygen atoms in total. The molecule has 0 radical (unpaired) electrons. The Morgan fingerprint density at radius 3 is 2.42 bits per heavy atom. The first-order valence-corrected chi connectivity index (χ1v) is 9.20.